The Morgan fingerprint density at radius 2 is 2.30 bits per heavy atom. The van der Waals surface area contributed by atoms with Crippen LogP contribution in [0.1, 0.15) is 27.2 Å². The normalized spacial score (nSPS) is 38.6. The maximum absolute atomic E-state index is 6.76. The van der Waals surface area contributed by atoms with Gasteiger partial charge in [-0.1, -0.05) is 20.3 Å². The Bertz CT molecular complexity index is 375. The molecule has 6 heteroatoms. The summed E-state index contributed by atoms with van der Waals surface area (Å²) in [6.07, 6.45) is 1.03. The van der Waals surface area contributed by atoms with Crippen LogP contribution in [-0.2, 0) is 18.5 Å². The van der Waals surface area contributed by atoms with Gasteiger partial charge < -0.3 is 23.4 Å². The predicted octanol–water partition coefficient (Wildman–Crippen LogP) is 2.85. The molecule has 2 aliphatic heterocycles. The van der Waals surface area contributed by atoms with Gasteiger partial charge >= 0.3 is 0 Å². The summed E-state index contributed by atoms with van der Waals surface area (Å²) in [5, 5.41) is 0. The maximum Gasteiger partial charge on any atom is 0.238 e. The highest BCUT2D eigenvalue weighted by molar-refractivity contribution is 7.46. The standard InChI is InChI=1S/C14H24NO4P/c1-6-10(2)14-9-16-12(11(3)18-14)13(14)19-20(5)17-8-7-15-4/h10-13H,6-9H2,1-3,5H3/t10-,11-,12-,13-,14+,20?/m0/s1. The predicted molar refractivity (Wildman–Crippen MR) is 77.6 cm³/mol. The zero-order valence-corrected chi connectivity index (χ0v) is 13.6. The minimum Gasteiger partial charge on any atom is -0.370 e. The molecule has 2 fully saturated rings. The van der Waals surface area contributed by atoms with Crippen LogP contribution >= 0.6 is 8.38 Å². The smallest absolute Gasteiger partial charge is 0.238 e. The zero-order chi connectivity index (χ0) is 14.8. The lowest BCUT2D eigenvalue weighted by molar-refractivity contribution is -0.159. The summed E-state index contributed by atoms with van der Waals surface area (Å²) in [6.45, 7) is 16.5. The summed E-state index contributed by atoms with van der Waals surface area (Å²) >= 11 is 0. The molecular formula is C14H24NO4P. The van der Waals surface area contributed by atoms with Crippen LogP contribution in [0.3, 0.4) is 0 Å². The SMILES string of the molecule is [C-]#[N+]CCOP(C)O[C@H]1[C@H]2OC[C@]1([C@@H](C)CC)O[C@H]2C. The zero-order valence-electron chi connectivity index (χ0n) is 12.7. The second kappa shape index (κ2) is 6.68. The van der Waals surface area contributed by atoms with Gasteiger partial charge in [-0.15, -0.1) is 0 Å². The molecule has 2 bridgehead atoms. The largest absolute Gasteiger partial charge is 0.370 e. The molecule has 2 aliphatic rings. The highest BCUT2D eigenvalue weighted by atomic mass is 31.2. The Hall–Kier alpha value is -0.240. The third-order valence-corrected chi connectivity index (χ3v) is 5.40. The van der Waals surface area contributed by atoms with E-state index in [-0.39, 0.29) is 23.9 Å². The van der Waals surface area contributed by atoms with E-state index in [1.54, 1.807) is 0 Å². The van der Waals surface area contributed by atoms with Gasteiger partial charge in [-0.05, 0) is 12.8 Å². The Morgan fingerprint density at radius 3 is 2.90 bits per heavy atom. The molecule has 114 valence electrons. The van der Waals surface area contributed by atoms with E-state index in [4.69, 9.17) is 25.1 Å². The van der Waals surface area contributed by atoms with E-state index in [0.29, 0.717) is 25.7 Å². The van der Waals surface area contributed by atoms with Crippen molar-refractivity contribution in [2.24, 2.45) is 5.92 Å². The minimum atomic E-state index is -1.00. The molecule has 5 nitrogen and oxygen atoms in total. The van der Waals surface area contributed by atoms with Gasteiger partial charge in [0, 0.05) is 6.66 Å². The average Bonchev–Trinajstić information content (AvgIpc) is 2.90. The topological polar surface area (TPSA) is 41.3 Å². The lowest BCUT2D eigenvalue weighted by Crippen LogP contribution is -2.47. The Morgan fingerprint density at radius 1 is 1.55 bits per heavy atom. The van der Waals surface area contributed by atoms with Gasteiger partial charge in [0.15, 0.2) is 8.38 Å². The third-order valence-electron chi connectivity index (χ3n) is 4.33. The molecule has 0 aromatic carbocycles. The van der Waals surface area contributed by atoms with Crippen LogP contribution in [0.4, 0.5) is 0 Å². The molecule has 0 amide bonds. The molecule has 2 saturated heterocycles. The maximum atomic E-state index is 6.76. The Labute approximate surface area is 122 Å². The van der Waals surface area contributed by atoms with Crippen molar-refractivity contribution in [3.63, 3.8) is 0 Å². The number of hydrogen-bond donors (Lipinski definition) is 0. The van der Waals surface area contributed by atoms with E-state index in [9.17, 15) is 0 Å². The molecule has 0 aromatic heterocycles. The monoisotopic (exact) mass is 301 g/mol. The van der Waals surface area contributed by atoms with E-state index in [2.05, 4.69) is 18.7 Å². The fraction of sp³-hybridized carbons (Fsp3) is 0.929. The van der Waals surface area contributed by atoms with Crippen LogP contribution in [-0.4, -0.2) is 50.3 Å². The minimum absolute atomic E-state index is 0.00147. The van der Waals surface area contributed by atoms with Crippen LogP contribution in [0.5, 0.6) is 0 Å². The van der Waals surface area contributed by atoms with Gasteiger partial charge in [-0.25, -0.2) is 6.57 Å². The molecule has 2 heterocycles. The number of hydrogen-bond acceptors (Lipinski definition) is 4. The summed E-state index contributed by atoms with van der Waals surface area (Å²) < 4.78 is 23.8. The van der Waals surface area contributed by atoms with Crippen molar-refractivity contribution in [2.45, 2.75) is 51.1 Å². The number of fused-ring (bicyclic) bond motifs is 2. The molecule has 0 N–H and O–H groups in total. The van der Waals surface area contributed by atoms with E-state index < -0.39 is 8.38 Å². The molecule has 20 heavy (non-hydrogen) atoms. The number of ether oxygens (including phenoxy) is 2. The second-order valence-electron chi connectivity index (χ2n) is 5.54. The summed E-state index contributed by atoms with van der Waals surface area (Å²) in [6, 6.07) is 0. The molecule has 0 spiro atoms. The van der Waals surface area contributed by atoms with Gasteiger partial charge in [-0.2, -0.15) is 0 Å². The Balaban J connectivity index is 2.00. The van der Waals surface area contributed by atoms with Crippen molar-refractivity contribution >= 4 is 8.38 Å². The fourth-order valence-electron chi connectivity index (χ4n) is 3.01. The van der Waals surface area contributed by atoms with E-state index in [1.807, 2.05) is 13.6 Å². The first kappa shape index (κ1) is 16.1. The van der Waals surface area contributed by atoms with Gasteiger partial charge in [0.25, 0.3) is 0 Å². The fourth-order valence-corrected chi connectivity index (χ4v) is 4.03. The van der Waals surface area contributed by atoms with E-state index in [0.717, 1.165) is 6.42 Å². The van der Waals surface area contributed by atoms with Crippen LogP contribution in [0.25, 0.3) is 4.85 Å². The van der Waals surface area contributed by atoms with Crippen LogP contribution in [0, 0.1) is 12.5 Å². The van der Waals surface area contributed by atoms with Crippen LogP contribution in [0.15, 0.2) is 0 Å². The first-order chi connectivity index (χ1) is 9.55. The molecule has 0 aliphatic carbocycles. The highest BCUT2D eigenvalue weighted by Gasteiger charge is 2.63. The van der Waals surface area contributed by atoms with Crippen molar-refractivity contribution in [3.8, 4) is 0 Å². The van der Waals surface area contributed by atoms with E-state index >= 15 is 0 Å². The molecule has 6 atom stereocenters. The van der Waals surface area contributed by atoms with Crippen molar-refractivity contribution in [3.05, 3.63) is 11.4 Å². The molecule has 0 radical (unpaired) electrons. The quantitative estimate of drug-likeness (QED) is 0.412. The number of rotatable bonds is 7. The number of nitrogens with zero attached hydrogens (tertiary/aromatic N) is 1. The third kappa shape index (κ3) is 2.86. The molecule has 1 unspecified atom stereocenters. The van der Waals surface area contributed by atoms with Crippen LogP contribution in [0.2, 0.25) is 0 Å². The van der Waals surface area contributed by atoms with Crippen molar-refractivity contribution < 1.29 is 18.5 Å². The summed E-state index contributed by atoms with van der Waals surface area (Å²) in [4.78, 5) is 3.28. The van der Waals surface area contributed by atoms with E-state index in [1.165, 1.54) is 0 Å². The van der Waals surface area contributed by atoms with Gasteiger partial charge in [0.05, 0.1) is 12.7 Å². The van der Waals surface area contributed by atoms with Crippen molar-refractivity contribution in [1.29, 1.82) is 0 Å². The molecule has 2 rings (SSSR count). The van der Waals surface area contributed by atoms with Gasteiger partial charge in [0.2, 0.25) is 6.54 Å². The lowest BCUT2D eigenvalue weighted by Gasteiger charge is -2.36. The first-order valence-corrected chi connectivity index (χ1v) is 8.83. The highest BCUT2D eigenvalue weighted by Crippen LogP contribution is 2.51. The van der Waals surface area contributed by atoms with Gasteiger partial charge in [-0.3, -0.25) is 0 Å². The molecule has 0 aromatic rings. The second-order valence-corrected chi connectivity index (χ2v) is 6.89. The molecular weight excluding hydrogens is 277 g/mol. The summed E-state index contributed by atoms with van der Waals surface area (Å²) in [7, 11) is -1.00. The first-order valence-electron chi connectivity index (χ1n) is 7.21. The van der Waals surface area contributed by atoms with Crippen molar-refractivity contribution in [2.75, 3.05) is 26.4 Å². The summed E-state index contributed by atoms with van der Waals surface area (Å²) in [5.41, 5.74) is -0.335. The molecule has 0 saturated carbocycles. The summed E-state index contributed by atoms with van der Waals surface area (Å²) in [5.74, 6) is 0.383. The average molecular weight is 301 g/mol. The van der Waals surface area contributed by atoms with Crippen LogP contribution < -0.4 is 0 Å². The van der Waals surface area contributed by atoms with Crippen molar-refractivity contribution in [1.82, 2.24) is 0 Å². The van der Waals surface area contributed by atoms with Gasteiger partial charge in [0.1, 0.15) is 24.4 Å². The lowest BCUT2D eigenvalue weighted by atomic mass is 9.84. The Kier molecular flexibility index (Phi) is 5.39.